The monoisotopic (exact) mass is 441 g/mol. The molecule has 3 aromatic rings. The average Bonchev–Trinajstić information content (AvgIpc) is 3.15. The highest BCUT2D eigenvalue weighted by molar-refractivity contribution is 6.30. The number of amides is 2. The Hall–Kier alpha value is -3.59. The number of ether oxygens (including phenoxy) is 2. The molecule has 0 spiro atoms. The van der Waals surface area contributed by atoms with Crippen LogP contribution in [0.15, 0.2) is 42.5 Å². The summed E-state index contributed by atoms with van der Waals surface area (Å²) < 4.78 is 12.1. The molecule has 0 saturated heterocycles. The summed E-state index contributed by atoms with van der Waals surface area (Å²) in [4.78, 5) is 28.9. The summed E-state index contributed by atoms with van der Waals surface area (Å²) in [5.74, 6) is 1.03. The van der Waals surface area contributed by atoms with Crippen LogP contribution in [0, 0.1) is 0 Å². The van der Waals surface area contributed by atoms with E-state index in [4.69, 9.17) is 21.1 Å². The maximum absolute atomic E-state index is 12.5. The Morgan fingerprint density at radius 3 is 2.65 bits per heavy atom. The second-order valence-electron chi connectivity index (χ2n) is 6.94. The van der Waals surface area contributed by atoms with Crippen LogP contribution >= 0.6 is 11.6 Å². The lowest BCUT2D eigenvalue weighted by Gasteiger charge is -2.23. The van der Waals surface area contributed by atoms with Crippen molar-refractivity contribution in [1.29, 1.82) is 0 Å². The van der Waals surface area contributed by atoms with E-state index in [0.29, 0.717) is 16.5 Å². The minimum absolute atomic E-state index is 0.0944. The van der Waals surface area contributed by atoms with Gasteiger partial charge in [0.1, 0.15) is 0 Å². The highest BCUT2D eigenvalue weighted by Crippen LogP contribution is 2.31. The van der Waals surface area contributed by atoms with E-state index in [2.05, 4.69) is 20.7 Å². The summed E-state index contributed by atoms with van der Waals surface area (Å²) in [6.07, 6.45) is 0.300. The van der Waals surface area contributed by atoms with Gasteiger partial charge in [-0.3, -0.25) is 20.2 Å². The number of benzene rings is 2. The highest BCUT2D eigenvalue weighted by atomic mass is 35.5. The van der Waals surface area contributed by atoms with Crippen LogP contribution < -0.4 is 20.1 Å². The van der Waals surface area contributed by atoms with Gasteiger partial charge >= 0.3 is 0 Å². The fourth-order valence-electron chi connectivity index (χ4n) is 3.41. The van der Waals surface area contributed by atoms with Crippen molar-refractivity contribution in [2.45, 2.75) is 18.9 Å². The molecule has 1 aromatic heterocycles. The molecule has 2 aromatic carbocycles. The third-order valence-electron chi connectivity index (χ3n) is 4.88. The molecule has 9 nitrogen and oxygen atoms in total. The first-order valence-corrected chi connectivity index (χ1v) is 9.87. The molecule has 4 rings (SSSR count). The first-order valence-electron chi connectivity index (χ1n) is 9.49. The normalized spacial score (nSPS) is 15.1. The highest BCUT2D eigenvalue weighted by Gasteiger charge is 2.29. The fraction of sp³-hybridized carbons (Fsp3) is 0.238. The Morgan fingerprint density at radius 1 is 1.19 bits per heavy atom. The maximum atomic E-state index is 12.5. The number of methoxy groups -OCH3 is 2. The zero-order valence-electron chi connectivity index (χ0n) is 16.9. The lowest BCUT2D eigenvalue weighted by Crippen LogP contribution is -2.29. The molecule has 31 heavy (non-hydrogen) atoms. The molecule has 1 aliphatic rings. The largest absolute Gasteiger partial charge is 0.493 e. The topological polar surface area (TPSA) is 107 Å². The van der Waals surface area contributed by atoms with Gasteiger partial charge in [0.05, 0.1) is 33.1 Å². The van der Waals surface area contributed by atoms with E-state index in [0.717, 1.165) is 11.1 Å². The van der Waals surface area contributed by atoms with E-state index in [1.165, 1.54) is 7.11 Å². The van der Waals surface area contributed by atoms with Crippen LogP contribution in [0.1, 0.15) is 23.6 Å². The molecular formula is C21H20ClN5O4. The standard InChI is InChI=1S/C21H20ClN5O4/c1-30-16-8-3-12(9-17(16)31-2)10-18(28)23-20-25-21-24-19(29)11-15(27(21)26-20)13-4-6-14(22)7-5-13/h3-9,15H,10-11H2,1-2H3,(H2,23,24,25,26,28,29)/t15-/m0/s1. The summed E-state index contributed by atoms with van der Waals surface area (Å²) in [5, 5.41) is 10.4. The summed E-state index contributed by atoms with van der Waals surface area (Å²) in [5.41, 5.74) is 1.61. The molecule has 0 radical (unpaired) electrons. The van der Waals surface area contributed by atoms with Crippen molar-refractivity contribution in [3.8, 4) is 11.5 Å². The molecule has 0 saturated carbocycles. The van der Waals surface area contributed by atoms with E-state index in [-0.39, 0.29) is 42.6 Å². The van der Waals surface area contributed by atoms with Crippen molar-refractivity contribution < 1.29 is 19.1 Å². The van der Waals surface area contributed by atoms with E-state index < -0.39 is 0 Å². The van der Waals surface area contributed by atoms with Crippen molar-refractivity contribution in [3.05, 3.63) is 58.6 Å². The molecule has 10 heteroatoms. The van der Waals surface area contributed by atoms with Gasteiger partial charge in [-0.15, -0.1) is 5.10 Å². The molecular weight excluding hydrogens is 422 g/mol. The van der Waals surface area contributed by atoms with Gasteiger partial charge in [-0.25, -0.2) is 4.68 Å². The third kappa shape index (κ3) is 4.46. The molecule has 2 amide bonds. The number of anilines is 2. The fourth-order valence-corrected chi connectivity index (χ4v) is 3.53. The number of fused-ring (bicyclic) bond motifs is 1. The molecule has 1 aliphatic heterocycles. The molecule has 2 heterocycles. The summed E-state index contributed by atoms with van der Waals surface area (Å²) in [6, 6.07) is 12.1. The Kier molecular flexibility index (Phi) is 5.77. The number of nitrogens with one attached hydrogen (secondary N) is 2. The van der Waals surface area contributed by atoms with Gasteiger partial charge in [0.15, 0.2) is 11.5 Å². The number of nitrogens with zero attached hydrogens (tertiary/aromatic N) is 3. The molecule has 2 N–H and O–H groups in total. The second kappa shape index (κ2) is 8.65. The molecule has 1 atom stereocenters. The minimum atomic E-state index is -0.343. The summed E-state index contributed by atoms with van der Waals surface area (Å²) >= 11 is 5.97. The molecule has 0 aliphatic carbocycles. The van der Waals surface area contributed by atoms with E-state index in [9.17, 15) is 9.59 Å². The molecule has 0 bridgehead atoms. The van der Waals surface area contributed by atoms with Gasteiger partial charge in [0, 0.05) is 5.02 Å². The Morgan fingerprint density at radius 2 is 1.94 bits per heavy atom. The number of carbonyl (C=O) groups is 2. The van der Waals surface area contributed by atoms with Crippen LogP contribution in [0.3, 0.4) is 0 Å². The quantitative estimate of drug-likeness (QED) is 0.608. The van der Waals surface area contributed by atoms with Gasteiger partial charge in [0.25, 0.3) is 5.95 Å². The SMILES string of the molecule is COc1ccc(CC(=O)Nc2nc3n(n2)[C@H](c2ccc(Cl)cc2)CC(=O)N3)cc1OC. The van der Waals surface area contributed by atoms with Gasteiger partial charge < -0.3 is 9.47 Å². The number of hydrogen-bond donors (Lipinski definition) is 2. The zero-order valence-corrected chi connectivity index (χ0v) is 17.6. The van der Waals surface area contributed by atoms with E-state index >= 15 is 0 Å². The van der Waals surface area contributed by atoms with Crippen LogP contribution in [0.25, 0.3) is 0 Å². The van der Waals surface area contributed by atoms with Gasteiger partial charge in [-0.05, 0) is 35.4 Å². The van der Waals surface area contributed by atoms with Gasteiger partial charge in [-0.1, -0.05) is 29.8 Å². The first-order chi connectivity index (χ1) is 15.0. The Bertz CT molecular complexity index is 1130. The van der Waals surface area contributed by atoms with Crippen LogP contribution in [0.2, 0.25) is 5.02 Å². The van der Waals surface area contributed by atoms with Crippen LogP contribution in [-0.4, -0.2) is 40.8 Å². The van der Waals surface area contributed by atoms with Gasteiger partial charge in [-0.2, -0.15) is 4.98 Å². The number of hydrogen-bond acceptors (Lipinski definition) is 6. The predicted octanol–water partition coefficient (Wildman–Crippen LogP) is 3.06. The van der Waals surface area contributed by atoms with Crippen LogP contribution in [-0.2, 0) is 16.0 Å². The number of carbonyl (C=O) groups excluding carboxylic acids is 2. The van der Waals surface area contributed by atoms with Crippen LogP contribution in [0.5, 0.6) is 11.5 Å². The maximum Gasteiger partial charge on any atom is 0.250 e. The number of halogens is 1. The van der Waals surface area contributed by atoms with E-state index in [1.54, 1.807) is 42.1 Å². The van der Waals surface area contributed by atoms with Crippen LogP contribution in [0.4, 0.5) is 11.9 Å². The first kappa shape index (κ1) is 20.7. The van der Waals surface area contributed by atoms with Crippen molar-refractivity contribution in [3.63, 3.8) is 0 Å². The number of rotatable bonds is 6. The van der Waals surface area contributed by atoms with Crippen molar-refractivity contribution in [2.75, 3.05) is 24.9 Å². The van der Waals surface area contributed by atoms with Gasteiger partial charge in [0.2, 0.25) is 17.8 Å². The summed E-state index contributed by atoms with van der Waals surface area (Å²) in [6.45, 7) is 0. The van der Waals surface area contributed by atoms with E-state index in [1.807, 2.05) is 12.1 Å². The molecule has 160 valence electrons. The van der Waals surface area contributed by atoms with Crippen molar-refractivity contribution in [2.24, 2.45) is 0 Å². The lowest BCUT2D eigenvalue weighted by atomic mass is 10.0. The Balaban J connectivity index is 1.51. The lowest BCUT2D eigenvalue weighted by molar-refractivity contribution is -0.117. The van der Waals surface area contributed by atoms with Crippen molar-refractivity contribution >= 4 is 35.3 Å². The zero-order chi connectivity index (χ0) is 22.0. The number of aromatic nitrogens is 3. The van der Waals surface area contributed by atoms with Crippen molar-refractivity contribution in [1.82, 2.24) is 14.8 Å². The third-order valence-corrected chi connectivity index (χ3v) is 5.13. The predicted molar refractivity (Wildman–Crippen MR) is 115 cm³/mol. The second-order valence-corrected chi connectivity index (χ2v) is 7.37. The minimum Gasteiger partial charge on any atom is -0.493 e. The molecule has 0 fully saturated rings. The summed E-state index contributed by atoms with van der Waals surface area (Å²) in [7, 11) is 3.08. The molecule has 0 unspecified atom stereocenters. The smallest absolute Gasteiger partial charge is 0.250 e. The average molecular weight is 442 g/mol. The Labute approximate surface area is 183 Å².